The van der Waals surface area contributed by atoms with Crippen molar-refractivity contribution >= 4 is 10.9 Å². The molecule has 0 bridgehead atoms. The highest BCUT2D eigenvalue weighted by Crippen LogP contribution is 2.32. The molecule has 4 nitrogen and oxygen atoms in total. The number of hydrogen-bond donors (Lipinski definition) is 1. The minimum absolute atomic E-state index is 0.505. The molecule has 1 aliphatic heterocycles. The summed E-state index contributed by atoms with van der Waals surface area (Å²) >= 11 is 0. The van der Waals surface area contributed by atoms with Crippen LogP contribution in [0.5, 0.6) is 0 Å². The van der Waals surface area contributed by atoms with E-state index in [2.05, 4.69) is 54.7 Å². The molecule has 2 aromatic rings. The number of hydrogen-bond acceptors (Lipinski definition) is 3. The van der Waals surface area contributed by atoms with E-state index in [0.717, 1.165) is 39.2 Å². The van der Waals surface area contributed by atoms with Crippen LogP contribution in [0, 0.1) is 6.92 Å². The van der Waals surface area contributed by atoms with Crippen molar-refractivity contribution in [2.75, 3.05) is 26.8 Å². The topological polar surface area (TPSA) is 29.4 Å². The number of ether oxygens (including phenoxy) is 1. The van der Waals surface area contributed by atoms with Crippen LogP contribution in [-0.4, -0.2) is 42.3 Å². The largest absolute Gasteiger partial charge is 0.383 e. The number of nitrogens with one attached hydrogen (secondary N) is 1. The fraction of sp³-hybridized carbons (Fsp3) is 0.600. The number of likely N-dealkylation sites (N-methyl/N-ethyl adjacent to an activating group) is 1. The van der Waals surface area contributed by atoms with Gasteiger partial charge in [-0.1, -0.05) is 6.92 Å². The van der Waals surface area contributed by atoms with Gasteiger partial charge in [0.15, 0.2) is 0 Å². The number of aromatic nitrogens is 1. The summed E-state index contributed by atoms with van der Waals surface area (Å²) in [6.45, 7) is 11.6. The van der Waals surface area contributed by atoms with Crippen LogP contribution in [0.4, 0.5) is 0 Å². The van der Waals surface area contributed by atoms with Crippen molar-refractivity contribution < 1.29 is 4.74 Å². The smallest absolute Gasteiger partial charge is 0.0589 e. The van der Waals surface area contributed by atoms with Crippen molar-refractivity contribution in [3.63, 3.8) is 0 Å². The lowest BCUT2D eigenvalue weighted by atomic mass is 10.0. The van der Waals surface area contributed by atoms with E-state index in [1.54, 1.807) is 7.11 Å². The molecule has 1 unspecified atom stereocenters. The van der Waals surface area contributed by atoms with Crippen LogP contribution >= 0.6 is 0 Å². The van der Waals surface area contributed by atoms with Crippen molar-refractivity contribution in [3.05, 3.63) is 34.5 Å². The van der Waals surface area contributed by atoms with Gasteiger partial charge < -0.3 is 14.6 Å². The monoisotopic (exact) mass is 329 g/mol. The summed E-state index contributed by atoms with van der Waals surface area (Å²) in [5.74, 6) is 0. The van der Waals surface area contributed by atoms with Gasteiger partial charge in [-0.25, -0.2) is 0 Å². The number of nitrogens with zero attached hydrogens (tertiary/aromatic N) is 2. The third kappa shape index (κ3) is 3.23. The van der Waals surface area contributed by atoms with E-state index in [4.69, 9.17) is 4.74 Å². The Morgan fingerprint density at radius 1 is 1.25 bits per heavy atom. The van der Waals surface area contributed by atoms with Gasteiger partial charge in [-0.05, 0) is 55.6 Å². The second-order valence-corrected chi connectivity index (χ2v) is 7.13. The number of benzene rings is 1. The van der Waals surface area contributed by atoms with Crippen LogP contribution in [0.15, 0.2) is 12.1 Å². The summed E-state index contributed by atoms with van der Waals surface area (Å²) in [5, 5.41) is 4.98. The Kier molecular flexibility index (Phi) is 5.28. The highest BCUT2D eigenvalue weighted by Gasteiger charge is 2.22. The molecular formula is C20H31N3O. The van der Waals surface area contributed by atoms with Crippen LogP contribution < -0.4 is 5.32 Å². The molecule has 2 heterocycles. The van der Waals surface area contributed by atoms with E-state index in [0.29, 0.717) is 6.04 Å². The number of aryl methyl sites for hydroxylation is 1. The Labute approximate surface area is 145 Å². The molecule has 0 saturated heterocycles. The molecule has 1 atom stereocenters. The van der Waals surface area contributed by atoms with E-state index < -0.39 is 0 Å². The van der Waals surface area contributed by atoms with Gasteiger partial charge in [0.2, 0.25) is 0 Å². The lowest BCUT2D eigenvalue weighted by molar-refractivity contribution is 0.147. The normalized spacial score (nSPS) is 16.0. The molecule has 3 rings (SSSR count). The van der Waals surface area contributed by atoms with E-state index in [9.17, 15) is 0 Å². The van der Waals surface area contributed by atoms with Gasteiger partial charge in [-0.3, -0.25) is 4.90 Å². The Bertz CT molecular complexity index is 719. The van der Waals surface area contributed by atoms with E-state index in [1.807, 2.05) is 0 Å². The highest BCUT2D eigenvalue weighted by atomic mass is 16.5. The second kappa shape index (κ2) is 7.26. The molecule has 1 N–H and O–H groups in total. The zero-order valence-corrected chi connectivity index (χ0v) is 15.8. The van der Waals surface area contributed by atoms with Gasteiger partial charge in [0.05, 0.1) is 6.61 Å². The van der Waals surface area contributed by atoms with Crippen molar-refractivity contribution in [1.29, 1.82) is 0 Å². The molecule has 1 aliphatic rings. The quantitative estimate of drug-likeness (QED) is 0.847. The molecule has 0 fully saturated rings. The maximum absolute atomic E-state index is 5.23. The maximum Gasteiger partial charge on any atom is 0.0589 e. The summed E-state index contributed by atoms with van der Waals surface area (Å²) in [5.41, 5.74) is 7.24. The van der Waals surface area contributed by atoms with Crippen LogP contribution in [0.3, 0.4) is 0 Å². The lowest BCUT2D eigenvalue weighted by Crippen LogP contribution is -2.27. The predicted molar refractivity (Wildman–Crippen MR) is 100 cm³/mol. The average molecular weight is 329 g/mol. The van der Waals surface area contributed by atoms with Crippen LogP contribution in [0.2, 0.25) is 0 Å². The fourth-order valence-electron chi connectivity index (χ4n) is 3.97. The predicted octanol–water partition coefficient (Wildman–Crippen LogP) is 2.99. The summed E-state index contributed by atoms with van der Waals surface area (Å²) in [7, 11) is 3.97. The lowest BCUT2D eigenvalue weighted by Gasteiger charge is -2.13. The average Bonchev–Trinajstić information content (AvgIpc) is 3.05. The number of fused-ring (bicyclic) bond motifs is 2. The van der Waals surface area contributed by atoms with Crippen molar-refractivity contribution in [2.45, 2.75) is 46.3 Å². The molecule has 24 heavy (non-hydrogen) atoms. The first-order chi connectivity index (χ1) is 11.5. The zero-order chi connectivity index (χ0) is 17.3. The van der Waals surface area contributed by atoms with Gasteiger partial charge in [0.1, 0.15) is 0 Å². The van der Waals surface area contributed by atoms with Gasteiger partial charge >= 0.3 is 0 Å². The molecule has 0 spiro atoms. The molecule has 0 saturated carbocycles. The number of rotatable bonds is 7. The second-order valence-electron chi connectivity index (χ2n) is 7.13. The Morgan fingerprint density at radius 3 is 2.62 bits per heavy atom. The minimum Gasteiger partial charge on any atom is -0.383 e. The Morgan fingerprint density at radius 2 is 1.96 bits per heavy atom. The fourth-order valence-corrected chi connectivity index (χ4v) is 3.97. The molecule has 0 radical (unpaired) electrons. The van der Waals surface area contributed by atoms with Gasteiger partial charge in [-0.15, -0.1) is 0 Å². The third-order valence-corrected chi connectivity index (χ3v) is 5.41. The van der Waals surface area contributed by atoms with Gasteiger partial charge in [0.25, 0.3) is 0 Å². The first kappa shape index (κ1) is 17.5. The molecule has 1 aromatic heterocycles. The molecule has 0 aliphatic carbocycles. The highest BCUT2D eigenvalue weighted by molar-refractivity contribution is 5.87. The van der Waals surface area contributed by atoms with Crippen LogP contribution in [-0.2, 0) is 31.3 Å². The first-order valence-electron chi connectivity index (χ1n) is 9.09. The van der Waals surface area contributed by atoms with Crippen LogP contribution in [0.1, 0.15) is 36.2 Å². The molecule has 4 heteroatoms. The van der Waals surface area contributed by atoms with E-state index in [-0.39, 0.29) is 0 Å². The molecule has 0 amide bonds. The summed E-state index contributed by atoms with van der Waals surface area (Å²) < 4.78 is 7.60. The SMILES string of the molecule is CCNC(C)Cc1c(C)n(C)c2cc3c(cc12)CN(CCOC)C3. The Hall–Kier alpha value is -1.36. The summed E-state index contributed by atoms with van der Waals surface area (Å²) in [4.78, 5) is 2.47. The zero-order valence-electron chi connectivity index (χ0n) is 15.8. The summed E-state index contributed by atoms with van der Waals surface area (Å²) in [6.07, 6.45) is 1.09. The van der Waals surface area contributed by atoms with Crippen molar-refractivity contribution in [2.24, 2.45) is 7.05 Å². The number of methoxy groups -OCH3 is 1. The van der Waals surface area contributed by atoms with Crippen molar-refractivity contribution in [1.82, 2.24) is 14.8 Å². The van der Waals surface area contributed by atoms with Crippen LogP contribution in [0.25, 0.3) is 10.9 Å². The maximum atomic E-state index is 5.23. The first-order valence-corrected chi connectivity index (χ1v) is 9.09. The van der Waals surface area contributed by atoms with E-state index in [1.165, 1.54) is 33.3 Å². The molecule has 1 aromatic carbocycles. The third-order valence-electron chi connectivity index (χ3n) is 5.41. The van der Waals surface area contributed by atoms with E-state index >= 15 is 0 Å². The summed E-state index contributed by atoms with van der Waals surface area (Å²) in [6, 6.07) is 5.36. The molecular weight excluding hydrogens is 298 g/mol. The Balaban J connectivity index is 1.93. The molecule has 132 valence electrons. The van der Waals surface area contributed by atoms with Gasteiger partial charge in [0, 0.05) is 56.4 Å². The van der Waals surface area contributed by atoms with Crippen molar-refractivity contribution in [3.8, 4) is 0 Å². The minimum atomic E-state index is 0.505. The van der Waals surface area contributed by atoms with Gasteiger partial charge in [-0.2, -0.15) is 0 Å². The standard InChI is InChI=1S/C20H31N3O/c1-6-21-14(2)9-18-15(3)22(4)20-11-17-13-23(7-8-24-5)12-16(17)10-19(18)20/h10-11,14,21H,6-9,12-13H2,1-5H3.